The first kappa shape index (κ1) is 43.1. The smallest absolute Gasteiger partial charge is 0.333 e. The first-order chi connectivity index (χ1) is 34.2. The highest BCUT2D eigenvalue weighted by molar-refractivity contribution is 7.99. The number of benzene rings is 9. The summed E-state index contributed by atoms with van der Waals surface area (Å²) in [6.45, 7) is 18.9. The third-order valence-corrected chi connectivity index (χ3v) is 18.6. The lowest BCUT2D eigenvalue weighted by Gasteiger charge is -2.48. The van der Waals surface area contributed by atoms with Gasteiger partial charge >= 0.3 is 6.85 Å². The molecule has 0 bridgehead atoms. The third-order valence-electron chi connectivity index (χ3n) is 16.4. The van der Waals surface area contributed by atoms with Crippen LogP contribution in [0.25, 0.3) is 53.2 Å². The molecule has 0 radical (unpaired) electrons. The van der Waals surface area contributed by atoms with Gasteiger partial charge in [0.25, 0.3) is 0 Å². The highest BCUT2D eigenvalue weighted by atomic mass is 32.2. The van der Waals surface area contributed by atoms with Gasteiger partial charge in [-0.25, -0.2) is 0 Å². The first-order valence-corrected chi connectivity index (χ1v) is 26.9. The summed E-state index contributed by atoms with van der Waals surface area (Å²) >= 11 is 3.72. The van der Waals surface area contributed by atoms with E-state index in [9.17, 15) is 0 Å². The molecular formula is C65H55BN2OS2. The van der Waals surface area contributed by atoms with Crippen molar-refractivity contribution in [3.05, 3.63) is 186 Å². The van der Waals surface area contributed by atoms with E-state index >= 15 is 0 Å². The molecule has 6 heteroatoms. The average molecular weight is 955 g/mol. The van der Waals surface area contributed by atoms with Gasteiger partial charge in [0.2, 0.25) is 0 Å². The first-order valence-electron chi connectivity index (χ1n) is 25.3. The van der Waals surface area contributed by atoms with E-state index in [0.717, 1.165) is 27.7 Å². The quantitative estimate of drug-likeness (QED) is 0.164. The van der Waals surface area contributed by atoms with Crippen LogP contribution in [0.15, 0.2) is 174 Å². The van der Waals surface area contributed by atoms with Gasteiger partial charge in [0.05, 0.1) is 15.5 Å². The minimum absolute atomic E-state index is 0.0221. The fourth-order valence-corrected chi connectivity index (χ4v) is 14.6. The Kier molecular flexibility index (Phi) is 9.19. The largest absolute Gasteiger partial charge is 0.455 e. The zero-order chi connectivity index (χ0) is 48.3. The zero-order valence-electron chi connectivity index (χ0n) is 41.7. The molecule has 0 amide bonds. The molecule has 0 atom stereocenters. The van der Waals surface area contributed by atoms with E-state index in [2.05, 4.69) is 229 Å². The van der Waals surface area contributed by atoms with Crippen molar-refractivity contribution >= 4 is 100 Å². The summed E-state index contributed by atoms with van der Waals surface area (Å²) in [5.74, 6) is 1.81. The molecule has 0 saturated heterocycles. The summed E-state index contributed by atoms with van der Waals surface area (Å²) in [7, 11) is 0. The molecule has 0 saturated carbocycles. The number of anilines is 5. The van der Waals surface area contributed by atoms with Gasteiger partial charge in [-0.2, -0.15) is 0 Å². The molecule has 4 heterocycles. The minimum Gasteiger partial charge on any atom is -0.455 e. The summed E-state index contributed by atoms with van der Waals surface area (Å²) in [5, 5.41) is 5.09. The molecule has 0 fully saturated rings. The van der Waals surface area contributed by atoms with Gasteiger partial charge in [-0.05, 0) is 152 Å². The number of hydrogen-bond donors (Lipinski definition) is 0. The zero-order valence-corrected chi connectivity index (χ0v) is 43.3. The Hall–Kier alpha value is -6.73. The number of fused-ring (bicyclic) bond motifs is 12. The summed E-state index contributed by atoms with van der Waals surface area (Å²) in [6, 6.07) is 62.5. The summed E-state index contributed by atoms with van der Waals surface area (Å²) in [4.78, 5) is 7.68. The lowest BCUT2D eigenvalue weighted by molar-refractivity contribution is 0.332. The van der Waals surface area contributed by atoms with E-state index in [0.29, 0.717) is 0 Å². The molecule has 1 aliphatic carbocycles. The van der Waals surface area contributed by atoms with Crippen molar-refractivity contribution in [3.8, 4) is 33.8 Å². The SMILES string of the molecule is Cc1cc2c(cc1N1c3cc4c(cc3B3c5c(cc6ccccc6c51)-c1cc5sc6ccccc6c5cc1N3c1ccc(C(C)(C)C)cc1-c1ccccc1)Oc1ccccc1S4)C(C)(C)CCC2(C)C. The Morgan fingerprint density at radius 3 is 2.07 bits per heavy atom. The average Bonchev–Trinajstić information content (AvgIpc) is 3.73. The summed E-state index contributed by atoms with van der Waals surface area (Å²) < 4.78 is 9.64. The molecule has 0 unspecified atom stereocenters. The van der Waals surface area contributed by atoms with Crippen molar-refractivity contribution in [2.75, 3.05) is 9.71 Å². The Labute approximate surface area is 426 Å². The van der Waals surface area contributed by atoms with E-state index in [1.165, 1.54) is 121 Å². The van der Waals surface area contributed by atoms with Crippen LogP contribution in [0.5, 0.6) is 11.5 Å². The van der Waals surface area contributed by atoms with Gasteiger partial charge in [0, 0.05) is 59.4 Å². The fourth-order valence-electron chi connectivity index (χ4n) is 12.5. The number of thiophene rings is 1. The molecule has 14 rings (SSSR count). The molecule has 3 aliphatic heterocycles. The topological polar surface area (TPSA) is 15.7 Å². The second-order valence-electron chi connectivity index (χ2n) is 22.8. The van der Waals surface area contributed by atoms with Crippen molar-refractivity contribution in [1.29, 1.82) is 0 Å². The van der Waals surface area contributed by atoms with Gasteiger partial charge in [-0.3, -0.25) is 0 Å². The lowest BCUT2D eigenvalue weighted by atomic mass is 9.43. The maximum Gasteiger partial charge on any atom is 0.333 e. The predicted octanol–water partition coefficient (Wildman–Crippen LogP) is 17.8. The lowest BCUT2D eigenvalue weighted by Crippen LogP contribution is -2.61. The van der Waals surface area contributed by atoms with E-state index in [1.807, 2.05) is 23.1 Å². The molecule has 3 nitrogen and oxygen atoms in total. The summed E-state index contributed by atoms with van der Waals surface area (Å²) in [5.41, 5.74) is 19.2. The molecular weight excluding hydrogens is 900 g/mol. The number of hydrogen-bond acceptors (Lipinski definition) is 5. The maximum absolute atomic E-state index is 7.03. The van der Waals surface area contributed by atoms with E-state index in [1.54, 1.807) is 0 Å². The maximum atomic E-state index is 7.03. The molecule has 346 valence electrons. The fraction of sp³-hybridized carbons (Fsp3) is 0.200. The normalized spacial score (nSPS) is 16.0. The number of aryl methyl sites for hydroxylation is 1. The second kappa shape index (κ2) is 15.1. The Morgan fingerprint density at radius 2 is 1.27 bits per heavy atom. The standard InChI is InChI=1S/C65H55BN2OS2/c1-38-30-48-49(65(7,8)29-28-64(48,5)6)35-52(38)67-54-37-60-56(69-55-23-15-17-25-58(55)71-60)36-50(54)66-61-47(31-40-20-12-13-21-42(40)62(61)67)45-34-59-46(43-22-14-16-24-57(43)70-59)33-53(45)68(66)51-27-26-41(63(2,3)4)32-44(51)39-18-10-9-11-19-39/h9-27,30-37H,28-29H2,1-8H3. The van der Waals surface area contributed by atoms with Crippen molar-refractivity contribution in [3.63, 3.8) is 0 Å². The van der Waals surface area contributed by atoms with Gasteiger partial charge in [0.1, 0.15) is 11.5 Å². The van der Waals surface area contributed by atoms with Gasteiger partial charge < -0.3 is 14.4 Å². The summed E-state index contributed by atoms with van der Waals surface area (Å²) in [6.07, 6.45) is 2.32. The Bertz CT molecular complexity index is 3920. The van der Waals surface area contributed by atoms with Crippen LogP contribution in [-0.4, -0.2) is 6.85 Å². The van der Waals surface area contributed by atoms with Crippen LogP contribution in [0.1, 0.15) is 83.6 Å². The number of para-hydroxylation sites is 1. The van der Waals surface area contributed by atoms with E-state index in [-0.39, 0.29) is 23.1 Å². The number of rotatable bonds is 3. The molecule has 10 aromatic rings. The van der Waals surface area contributed by atoms with Crippen LogP contribution < -0.4 is 25.4 Å². The highest BCUT2D eigenvalue weighted by Gasteiger charge is 2.48. The van der Waals surface area contributed by atoms with Crippen molar-refractivity contribution in [2.24, 2.45) is 0 Å². The van der Waals surface area contributed by atoms with E-state index < -0.39 is 0 Å². The van der Waals surface area contributed by atoms with Gasteiger partial charge in [-0.1, -0.05) is 157 Å². The molecule has 0 spiro atoms. The molecule has 71 heavy (non-hydrogen) atoms. The highest BCUT2D eigenvalue weighted by Crippen LogP contribution is 2.57. The number of ether oxygens (including phenoxy) is 1. The van der Waals surface area contributed by atoms with Crippen LogP contribution in [0.3, 0.4) is 0 Å². The molecule has 1 aromatic heterocycles. The van der Waals surface area contributed by atoms with Crippen molar-refractivity contribution < 1.29 is 4.74 Å². The Balaban J connectivity index is 1.15. The second-order valence-corrected chi connectivity index (χ2v) is 25.0. The van der Waals surface area contributed by atoms with Gasteiger partial charge in [0.15, 0.2) is 0 Å². The number of nitrogens with zero attached hydrogens (tertiary/aromatic N) is 2. The van der Waals surface area contributed by atoms with Crippen molar-refractivity contribution in [1.82, 2.24) is 0 Å². The third kappa shape index (κ3) is 6.43. The monoisotopic (exact) mass is 954 g/mol. The predicted molar refractivity (Wildman–Crippen MR) is 305 cm³/mol. The van der Waals surface area contributed by atoms with Crippen LogP contribution in [-0.2, 0) is 16.2 Å². The van der Waals surface area contributed by atoms with Crippen LogP contribution in [0.2, 0.25) is 0 Å². The van der Waals surface area contributed by atoms with Crippen molar-refractivity contribution in [2.45, 2.75) is 94.3 Å². The molecule has 4 aliphatic rings. The van der Waals surface area contributed by atoms with Crippen LogP contribution in [0, 0.1) is 6.92 Å². The van der Waals surface area contributed by atoms with Gasteiger partial charge in [-0.15, -0.1) is 11.3 Å². The molecule has 0 N–H and O–H groups in total. The van der Waals surface area contributed by atoms with Crippen LogP contribution in [0.4, 0.5) is 28.4 Å². The van der Waals surface area contributed by atoms with Crippen LogP contribution >= 0.6 is 23.1 Å². The minimum atomic E-state index is -0.224. The van der Waals surface area contributed by atoms with E-state index in [4.69, 9.17) is 4.74 Å². The Morgan fingerprint density at radius 1 is 0.549 bits per heavy atom. The molecule has 9 aromatic carbocycles.